The second-order valence-electron chi connectivity index (χ2n) is 3.87. The maximum absolute atomic E-state index is 12.6. The lowest BCUT2D eigenvalue weighted by molar-refractivity contribution is 0.413. The van der Waals surface area contributed by atoms with Crippen LogP contribution in [0.15, 0.2) is 36.5 Å². The summed E-state index contributed by atoms with van der Waals surface area (Å²) in [5.41, 5.74) is 2.14. The van der Waals surface area contributed by atoms with Crippen LogP contribution in [0.2, 0.25) is 0 Å². The zero-order valence-electron chi connectivity index (χ0n) is 10.4. The molecule has 5 heteroatoms. The molecule has 0 saturated heterocycles. The van der Waals surface area contributed by atoms with E-state index in [1.165, 1.54) is 19.4 Å². The average Bonchev–Trinajstić information content (AvgIpc) is 2.46. The minimum Gasteiger partial charge on any atom is -0.495 e. The van der Waals surface area contributed by atoms with Crippen molar-refractivity contribution in [2.75, 3.05) is 12.4 Å². The largest absolute Gasteiger partial charge is 0.495 e. The van der Waals surface area contributed by atoms with Crippen molar-refractivity contribution in [3.05, 3.63) is 53.6 Å². The number of pyridine rings is 1. The quantitative estimate of drug-likeness (QED) is 0.855. The topological polar surface area (TPSA) is 57.9 Å². The maximum Gasteiger partial charge on any atom is 0.212 e. The third kappa shape index (κ3) is 3.19. The molecule has 0 bridgehead atoms. The van der Waals surface area contributed by atoms with Gasteiger partial charge in [0.05, 0.1) is 24.6 Å². The summed E-state index contributed by atoms with van der Waals surface area (Å²) >= 11 is 0. The second-order valence-corrected chi connectivity index (χ2v) is 3.87. The van der Waals surface area contributed by atoms with Crippen LogP contribution >= 0.6 is 0 Å². The molecule has 96 valence electrons. The van der Waals surface area contributed by atoms with Gasteiger partial charge in [0.15, 0.2) is 0 Å². The molecular formula is C14H12FN3O. The van der Waals surface area contributed by atoms with Crippen molar-refractivity contribution in [3.63, 3.8) is 0 Å². The molecule has 0 fully saturated rings. The highest BCUT2D eigenvalue weighted by atomic mass is 19.1. The molecule has 0 saturated carbocycles. The highest BCUT2D eigenvalue weighted by Crippen LogP contribution is 2.19. The average molecular weight is 257 g/mol. The van der Waals surface area contributed by atoms with E-state index >= 15 is 0 Å². The Labute approximate surface area is 110 Å². The van der Waals surface area contributed by atoms with Crippen molar-refractivity contribution in [1.29, 1.82) is 5.26 Å². The molecule has 0 radical (unpaired) electrons. The Morgan fingerprint density at radius 2 is 2.21 bits per heavy atom. The predicted octanol–water partition coefficient (Wildman–Crippen LogP) is 2.71. The lowest BCUT2D eigenvalue weighted by Gasteiger charge is -2.08. The van der Waals surface area contributed by atoms with E-state index in [1.807, 2.05) is 6.07 Å². The minimum atomic E-state index is -0.512. The summed E-state index contributed by atoms with van der Waals surface area (Å²) in [5.74, 6) is 0.0384. The van der Waals surface area contributed by atoms with E-state index in [-0.39, 0.29) is 0 Å². The van der Waals surface area contributed by atoms with Crippen molar-refractivity contribution < 1.29 is 9.13 Å². The van der Waals surface area contributed by atoms with Gasteiger partial charge in [-0.2, -0.15) is 9.65 Å². The standard InChI is InChI=1S/C14H12FN3O/c1-19-13-4-2-10(6-11(13)7-16)8-17-12-3-5-14(15)18-9-12/h2-6,9,17H,8H2,1H3. The maximum atomic E-state index is 12.6. The number of benzene rings is 1. The Kier molecular flexibility index (Phi) is 3.94. The lowest BCUT2D eigenvalue weighted by atomic mass is 10.1. The van der Waals surface area contributed by atoms with Gasteiger partial charge in [0.25, 0.3) is 0 Å². The molecule has 0 aliphatic carbocycles. The van der Waals surface area contributed by atoms with Gasteiger partial charge in [0.2, 0.25) is 5.95 Å². The zero-order valence-corrected chi connectivity index (χ0v) is 10.4. The van der Waals surface area contributed by atoms with E-state index in [4.69, 9.17) is 10.00 Å². The molecule has 1 N–H and O–H groups in total. The number of hydrogen-bond donors (Lipinski definition) is 1. The fourth-order valence-corrected chi connectivity index (χ4v) is 1.64. The highest BCUT2D eigenvalue weighted by Gasteiger charge is 2.03. The van der Waals surface area contributed by atoms with Crippen LogP contribution in [-0.4, -0.2) is 12.1 Å². The molecule has 0 unspecified atom stereocenters. The molecule has 0 atom stereocenters. The number of halogens is 1. The van der Waals surface area contributed by atoms with Gasteiger partial charge < -0.3 is 10.1 Å². The fraction of sp³-hybridized carbons (Fsp3) is 0.143. The van der Waals surface area contributed by atoms with Crippen LogP contribution in [0.5, 0.6) is 5.75 Å². The first kappa shape index (κ1) is 12.8. The first-order valence-corrected chi connectivity index (χ1v) is 5.65. The van der Waals surface area contributed by atoms with Crippen molar-refractivity contribution in [3.8, 4) is 11.8 Å². The number of aromatic nitrogens is 1. The second kappa shape index (κ2) is 5.83. The summed E-state index contributed by atoms with van der Waals surface area (Å²) in [4.78, 5) is 3.55. The van der Waals surface area contributed by atoms with Crippen LogP contribution in [0.3, 0.4) is 0 Å². The molecule has 0 aliphatic heterocycles. The number of rotatable bonds is 4. The van der Waals surface area contributed by atoms with Gasteiger partial charge in [-0.15, -0.1) is 0 Å². The molecule has 19 heavy (non-hydrogen) atoms. The van der Waals surface area contributed by atoms with Crippen LogP contribution in [0.1, 0.15) is 11.1 Å². The van der Waals surface area contributed by atoms with Gasteiger partial charge >= 0.3 is 0 Å². The predicted molar refractivity (Wildman–Crippen MR) is 69.2 cm³/mol. The van der Waals surface area contributed by atoms with E-state index in [1.54, 1.807) is 18.2 Å². The van der Waals surface area contributed by atoms with Crippen molar-refractivity contribution in [1.82, 2.24) is 4.98 Å². The van der Waals surface area contributed by atoms with Gasteiger partial charge in [0.1, 0.15) is 11.8 Å². The number of methoxy groups -OCH3 is 1. The SMILES string of the molecule is COc1ccc(CNc2ccc(F)nc2)cc1C#N. The Bertz CT molecular complexity index is 605. The lowest BCUT2D eigenvalue weighted by Crippen LogP contribution is -2.01. The van der Waals surface area contributed by atoms with Crippen LogP contribution in [0.25, 0.3) is 0 Å². The Morgan fingerprint density at radius 1 is 1.37 bits per heavy atom. The first-order valence-electron chi connectivity index (χ1n) is 5.65. The molecule has 1 heterocycles. The van der Waals surface area contributed by atoms with E-state index in [0.717, 1.165) is 11.3 Å². The zero-order chi connectivity index (χ0) is 13.7. The third-order valence-corrected chi connectivity index (χ3v) is 2.61. The normalized spacial score (nSPS) is 9.74. The van der Waals surface area contributed by atoms with Gasteiger partial charge in [-0.05, 0) is 29.8 Å². The molecule has 0 aliphatic rings. The number of anilines is 1. The van der Waals surface area contributed by atoms with E-state index < -0.39 is 5.95 Å². The summed E-state index contributed by atoms with van der Waals surface area (Å²) in [7, 11) is 1.53. The first-order chi connectivity index (χ1) is 9.22. The highest BCUT2D eigenvalue weighted by molar-refractivity contribution is 5.47. The van der Waals surface area contributed by atoms with E-state index in [0.29, 0.717) is 17.9 Å². The van der Waals surface area contributed by atoms with Gasteiger partial charge in [-0.25, -0.2) is 4.98 Å². The van der Waals surface area contributed by atoms with Gasteiger partial charge in [-0.1, -0.05) is 6.07 Å². The summed E-state index contributed by atoms with van der Waals surface area (Å²) in [5, 5.41) is 12.1. The number of ether oxygens (including phenoxy) is 1. The number of nitrogens with one attached hydrogen (secondary N) is 1. The van der Waals surface area contributed by atoms with Gasteiger partial charge in [-0.3, -0.25) is 0 Å². The Balaban J connectivity index is 2.08. The smallest absolute Gasteiger partial charge is 0.212 e. The fourth-order valence-electron chi connectivity index (χ4n) is 1.64. The van der Waals surface area contributed by atoms with E-state index in [9.17, 15) is 4.39 Å². The summed E-state index contributed by atoms with van der Waals surface area (Å²) in [6.07, 6.45) is 1.42. The number of nitriles is 1. The summed E-state index contributed by atoms with van der Waals surface area (Å²) in [6, 6.07) is 10.3. The Hall–Kier alpha value is -2.61. The van der Waals surface area contributed by atoms with Crippen LogP contribution in [-0.2, 0) is 6.54 Å². The molecule has 1 aromatic carbocycles. The van der Waals surface area contributed by atoms with E-state index in [2.05, 4.69) is 16.4 Å². The van der Waals surface area contributed by atoms with Crippen molar-refractivity contribution >= 4 is 5.69 Å². The molecule has 2 rings (SSSR count). The van der Waals surface area contributed by atoms with Crippen LogP contribution in [0.4, 0.5) is 10.1 Å². The molecule has 0 spiro atoms. The van der Waals surface area contributed by atoms with Crippen LogP contribution in [0, 0.1) is 17.3 Å². The molecule has 1 aromatic heterocycles. The molecule has 4 nitrogen and oxygen atoms in total. The number of nitrogens with zero attached hydrogens (tertiary/aromatic N) is 2. The van der Waals surface area contributed by atoms with Crippen molar-refractivity contribution in [2.45, 2.75) is 6.54 Å². The van der Waals surface area contributed by atoms with Gasteiger partial charge in [0, 0.05) is 6.54 Å². The minimum absolute atomic E-state index is 0.485. The molecule has 0 amide bonds. The van der Waals surface area contributed by atoms with Crippen molar-refractivity contribution in [2.24, 2.45) is 0 Å². The third-order valence-electron chi connectivity index (χ3n) is 2.61. The monoisotopic (exact) mass is 257 g/mol. The summed E-state index contributed by atoms with van der Waals surface area (Å²) in [6.45, 7) is 0.520. The summed E-state index contributed by atoms with van der Waals surface area (Å²) < 4.78 is 17.7. The number of hydrogen-bond acceptors (Lipinski definition) is 4. The Morgan fingerprint density at radius 3 is 2.84 bits per heavy atom. The van der Waals surface area contributed by atoms with Crippen LogP contribution < -0.4 is 10.1 Å². The molecule has 2 aromatic rings. The molecular weight excluding hydrogens is 245 g/mol.